The Labute approximate surface area is 226 Å². The predicted molar refractivity (Wildman–Crippen MR) is 144 cm³/mol. The molecule has 3 rings (SSSR count). The van der Waals surface area contributed by atoms with E-state index in [2.05, 4.69) is 15.1 Å². The summed E-state index contributed by atoms with van der Waals surface area (Å²) in [6, 6.07) is 9.90. The Morgan fingerprint density at radius 3 is 2.47 bits per heavy atom. The number of sulfonamides is 1. The molecule has 0 fully saturated rings. The molecule has 13 heteroatoms. The highest BCUT2D eigenvalue weighted by atomic mass is 35.5. The van der Waals surface area contributed by atoms with Gasteiger partial charge in [0.25, 0.3) is 11.6 Å². The maximum Gasteiger partial charge on any atom is 0.272 e. The van der Waals surface area contributed by atoms with Gasteiger partial charge in [0, 0.05) is 34.8 Å². The van der Waals surface area contributed by atoms with Crippen LogP contribution in [0.4, 0.5) is 5.69 Å². The van der Waals surface area contributed by atoms with E-state index in [4.69, 9.17) is 16.3 Å². The number of amides is 1. The number of halogens is 1. The third kappa shape index (κ3) is 6.88. The van der Waals surface area contributed by atoms with Gasteiger partial charge >= 0.3 is 0 Å². The summed E-state index contributed by atoms with van der Waals surface area (Å²) in [5, 5.41) is 19.1. The van der Waals surface area contributed by atoms with E-state index in [1.165, 1.54) is 10.7 Å². The average Bonchev–Trinajstić information content (AvgIpc) is 3.12. The lowest BCUT2D eigenvalue weighted by Gasteiger charge is -2.21. The second kappa shape index (κ2) is 11.1. The average molecular weight is 564 g/mol. The van der Waals surface area contributed by atoms with Gasteiger partial charge in [0.15, 0.2) is 5.69 Å². The summed E-state index contributed by atoms with van der Waals surface area (Å²) in [6.07, 6.45) is 0. The van der Waals surface area contributed by atoms with Crippen molar-refractivity contribution in [2.24, 2.45) is 5.92 Å². The lowest BCUT2D eigenvalue weighted by molar-refractivity contribution is -0.385. The first-order chi connectivity index (χ1) is 17.6. The molecule has 0 aliphatic rings. The Kier molecular flexibility index (Phi) is 8.49. The van der Waals surface area contributed by atoms with Crippen molar-refractivity contribution in [3.8, 4) is 17.3 Å². The van der Waals surface area contributed by atoms with Crippen LogP contribution in [0.25, 0.3) is 5.69 Å². The van der Waals surface area contributed by atoms with E-state index >= 15 is 0 Å². The summed E-state index contributed by atoms with van der Waals surface area (Å²) in [7, 11) is -4.26. The van der Waals surface area contributed by atoms with Gasteiger partial charge < -0.3 is 10.1 Å². The molecule has 1 amide bonds. The van der Waals surface area contributed by atoms with Crippen LogP contribution in [0.1, 0.15) is 50.7 Å². The van der Waals surface area contributed by atoms with Crippen LogP contribution in [0, 0.1) is 23.0 Å². The standard InChI is InChI=1S/C25H30ClN5O6S/c1-15(2)14-27-23(32)22-16(3)24(30(28-22)18-9-7-8-17(26)12-18)37-20-11-10-19(31(33)34)13-21(20)38(35,36)29-25(4,5)6/h7-13,15,29H,14H2,1-6H3,(H,27,32). The molecule has 0 atom stereocenters. The van der Waals surface area contributed by atoms with E-state index in [0.717, 1.165) is 12.1 Å². The molecular weight excluding hydrogens is 534 g/mol. The van der Waals surface area contributed by atoms with Gasteiger partial charge in [-0.15, -0.1) is 0 Å². The van der Waals surface area contributed by atoms with Gasteiger partial charge in [-0.1, -0.05) is 31.5 Å². The number of non-ortho nitro benzene ring substituents is 1. The second-order valence-electron chi connectivity index (χ2n) is 10.1. The smallest absolute Gasteiger partial charge is 0.272 e. The van der Waals surface area contributed by atoms with Crippen LogP contribution >= 0.6 is 11.6 Å². The number of carbonyl (C=O) groups excluding carboxylic acids is 1. The first-order valence-electron chi connectivity index (χ1n) is 11.7. The highest BCUT2D eigenvalue weighted by molar-refractivity contribution is 7.89. The summed E-state index contributed by atoms with van der Waals surface area (Å²) in [4.78, 5) is 23.2. The molecule has 0 saturated carbocycles. The van der Waals surface area contributed by atoms with Crippen molar-refractivity contribution in [2.45, 2.75) is 52.0 Å². The van der Waals surface area contributed by atoms with Gasteiger partial charge in [-0.2, -0.15) is 9.78 Å². The van der Waals surface area contributed by atoms with Crippen LogP contribution in [0.15, 0.2) is 47.4 Å². The zero-order valence-corrected chi connectivity index (χ0v) is 23.5. The van der Waals surface area contributed by atoms with Gasteiger partial charge in [0.2, 0.25) is 15.9 Å². The fraction of sp³-hybridized carbons (Fsp3) is 0.360. The lowest BCUT2D eigenvalue weighted by Crippen LogP contribution is -2.40. The monoisotopic (exact) mass is 563 g/mol. The van der Waals surface area contributed by atoms with Crippen molar-refractivity contribution in [3.63, 3.8) is 0 Å². The summed E-state index contributed by atoms with van der Waals surface area (Å²) < 4.78 is 36.4. The van der Waals surface area contributed by atoms with E-state index in [1.807, 2.05) is 13.8 Å². The molecule has 0 saturated heterocycles. The Morgan fingerprint density at radius 1 is 1.21 bits per heavy atom. The fourth-order valence-electron chi connectivity index (χ4n) is 3.45. The molecule has 3 aromatic rings. The molecule has 2 aromatic carbocycles. The number of hydrogen-bond acceptors (Lipinski definition) is 7. The quantitative estimate of drug-likeness (QED) is 0.275. The third-order valence-corrected chi connectivity index (χ3v) is 7.10. The van der Waals surface area contributed by atoms with Crippen molar-refractivity contribution in [2.75, 3.05) is 6.54 Å². The number of nitro benzene ring substituents is 1. The van der Waals surface area contributed by atoms with Crippen molar-refractivity contribution >= 4 is 33.2 Å². The van der Waals surface area contributed by atoms with Crippen LogP contribution < -0.4 is 14.8 Å². The normalized spacial score (nSPS) is 12.0. The molecule has 0 unspecified atom stereocenters. The number of benzene rings is 2. The van der Waals surface area contributed by atoms with Gasteiger partial charge in [-0.25, -0.2) is 13.1 Å². The highest BCUT2D eigenvalue weighted by Crippen LogP contribution is 2.36. The summed E-state index contributed by atoms with van der Waals surface area (Å²) >= 11 is 6.18. The van der Waals surface area contributed by atoms with Crippen molar-refractivity contribution in [1.82, 2.24) is 19.8 Å². The molecule has 11 nitrogen and oxygen atoms in total. The molecule has 204 valence electrons. The molecule has 0 bridgehead atoms. The number of rotatable bonds is 9. The van der Waals surface area contributed by atoms with E-state index in [1.54, 1.807) is 52.0 Å². The molecule has 0 radical (unpaired) electrons. The summed E-state index contributed by atoms with van der Waals surface area (Å²) in [6.45, 7) is 10.9. The molecule has 0 aliphatic heterocycles. The number of nitrogens with zero attached hydrogens (tertiary/aromatic N) is 3. The van der Waals surface area contributed by atoms with Gasteiger partial charge in [0.05, 0.1) is 10.6 Å². The zero-order valence-electron chi connectivity index (χ0n) is 21.9. The maximum absolute atomic E-state index is 13.3. The topological polar surface area (TPSA) is 145 Å². The Morgan fingerprint density at radius 2 is 1.89 bits per heavy atom. The van der Waals surface area contributed by atoms with E-state index in [-0.39, 0.29) is 23.2 Å². The van der Waals surface area contributed by atoms with Crippen molar-refractivity contribution < 1.29 is 22.9 Å². The summed E-state index contributed by atoms with van der Waals surface area (Å²) in [5.74, 6) is -0.378. The number of nitro groups is 1. The van der Waals surface area contributed by atoms with Crippen LogP contribution in [-0.4, -0.2) is 41.1 Å². The minimum absolute atomic E-state index is 0.0445. The van der Waals surface area contributed by atoms with E-state index in [0.29, 0.717) is 22.8 Å². The Bertz CT molecular complexity index is 1480. The van der Waals surface area contributed by atoms with Crippen molar-refractivity contribution in [3.05, 3.63) is 68.9 Å². The number of nitrogens with one attached hydrogen (secondary N) is 2. The maximum atomic E-state index is 13.3. The predicted octanol–water partition coefficient (Wildman–Crippen LogP) is 5.00. The first-order valence-corrected chi connectivity index (χ1v) is 13.6. The summed E-state index contributed by atoms with van der Waals surface area (Å²) in [5.41, 5.74) is -0.449. The number of ether oxygens (including phenoxy) is 1. The lowest BCUT2D eigenvalue weighted by atomic mass is 10.1. The zero-order chi connectivity index (χ0) is 28.4. The molecule has 38 heavy (non-hydrogen) atoms. The molecule has 1 heterocycles. The molecule has 1 aromatic heterocycles. The number of carbonyl (C=O) groups is 1. The SMILES string of the molecule is Cc1c(C(=O)NCC(C)C)nn(-c2cccc(Cl)c2)c1Oc1ccc([N+](=O)[O-])cc1S(=O)(=O)NC(C)(C)C. The number of hydrogen-bond donors (Lipinski definition) is 2. The largest absolute Gasteiger partial charge is 0.437 e. The minimum Gasteiger partial charge on any atom is -0.437 e. The van der Waals surface area contributed by atoms with Crippen LogP contribution in [0.5, 0.6) is 11.6 Å². The van der Waals surface area contributed by atoms with Crippen LogP contribution in [0.2, 0.25) is 5.02 Å². The second-order valence-corrected chi connectivity index (χ2v) is 12.2. The van der Waals surface area contributed by atoms with Gasteiger partial charge in [-0.05, 0) is 57.9 Å². The highest BCUT2D eigenvalue weighted by Gasteiger charge is 2.30. The third-order valence-electron chi connectivity index (χ3n) is 5.08. The van der Waals surface area contributed by atoms with Gasteiger partial charge in [-0.3, -0.25) is 14.9 Å². The molecule has 2 N–H and O–H groups in total. The van der Waals surface area contributed by atoms with E-state index < -0.39 is 37.0 Å². The molecule has 0 spiro atoms. The fourth-order valence-corrected chi connectivity index (χ4v) is 5.20. The van der Waals surface area contributed by atoms with E-state index in [9.17, 15) is 23.3 Å². The molecular formula is C25H30ClN5O6S. The Balaban J connectivity index is 2.20. The van der Waals surface area contributed by atoms with Crippen LogP contribution in [0.3, 0.4) is 0 Å². The number of aromatic nitrogens is 2. The molecule has 0 aliphatic carbocycles. The minimum atomic E-state index is -4.26. The Hall–Kier alpha value is -3.48. The van der Waals surface area contributed by atoms with Crippen LogP contribution in [-0.2, 0) is 10.0 Å². The van der Waals surface area contributed by atoms with Gasteiger partial charge in [0.1, 0.15) is 10.6 Å². The first kappa shape index (κ1) is 29.1. The van der Waals surface area contributed by atoms with Crippen molar-refractivity contribution in [1.29, 1.82) is 0 Å².